The first-order chi connectivity index (χ1) is 24.2. The van der Waals surface area contributed by atoms with E-state index in [4.69, 9.17) is 19.0 Å². The van der Waals surface area contributed by atoms with E-state index in [9.17, 15) is 24.0 Å². The molecule has 4 aliphatic rings. The van der Waals surface area contributed by atoms with Crippen LogP contribution in [0, 0.1) is 13.8 Å². The summed E-state index contributed by atoms with van der Waals surface area (Å²) < 4.78 is 16.9. The molecule has 1 aromatic carbocycles. The van der Waals surface area contributed by atoms with Crippen molar-refractivity contribution in [1.82, 2.24) is 20.9 Å². The first-order valence-electron chi connectivity index (χ1n) is 18.1. The highest BCUT2D eigenvalue weighted by Crippen LogP contribution is 2.40. The van der Waals surface area contributed by atoms with Gasteiger partial charge in [-0.3, -0.25) is 19.2 Å². The van der Waals surface area contributed by atoms with Crippen LogP contribution in [0.4, 0.5) is 4.79 Å². The zero-order valence-corrected chi connectivity index (χ0v) is 30.9. The molecule has 2 saturated carbocycles. The van der Waals surface area contributed by atoms with Crippen molar-refractivity contribution in [3.8, 4) is 5.75 Å². The van der Waals surface area contributed by atoms with E-state index in [1.165, 1.54) is 12.0 Å². The number of benzene rings is 1. The number of nitrogens with one attached hydrogen (secondary N) is 3. The lowest BCUT2D eigenvalue weighted by molar-refractivity contribution is -0.147. The molecule has 0 bridgehead atoms. The molecule has 3 N–H and O–H groups in total. The van der Waals surface area contributed by atoms with Gasteiger partial charge in [-0.15, -0.1) is 0 Å². The second-order valence-electron chi connectivity index (χ2n) is 15.0. The average Bonchev–Trinajstić information content (AvgIpc) is 3.43. The first-order valence-corrected chi connectivity index (χ1v) is 18.1. The van der Waals surface area contributed by atoms with E-state index in [1.54, 1.807) is 21.0 Å². The molecule has 51 heavy (non-hydrogen) atoms. The van der Waals surface area contributed by atoms with Gasteiger partial charge in [-0.2, -0.15) is 0 Å². The second kappa shape index (κ2) is 15.6. The van der Waals surface area contributed by atoms with E-state index >= 15 is 0 Å². The van der Waals surface area contributed by atoms with Gasteiger partial charge < -0.3 is 39.9 Å². The van der Waals surface area contributed by atoms with Crippen LogP contribution in [0.25, 0.3) is 0 Å². The van der Waals surface area contributed by atoms with Crippen molar-refractivity contribution < 1.29 is 43.0 Å². The molecule has 1 spiro atoms. The minimum Gasteiger partial charge on any atom is -0.496 e. The topological polar surface area (TPSA) is 174 Å². The highest BCUT2D eigenvalue weighted by molar-refractivity contribution is 6.38. The Labute approximate surface area is 299 Å². The molecule has 2 aliphatic heterocycles. The van der Waals surface area contributed by atoms with Gasteiger partial charge >= 0.3 is 6.09 Å². The van der Waals surface area contributed by atoms with E-state index in [0.717, 1.165) is 61.0 Å². The Kier molecular flexibility index (Phi) is 11.6. The van der Waals surface area contributed by atoms with Crippen LogP contribution in [0.3, 0.4) is 0 Å². The van der Waals surface area contributed by atoms with E-state index < -0.39 is 58.9 Å². The molecule has 0 radical (unpaired) electrons. The monoisotopic (exact) mass is 711 g/mol. The molecule has 1 saturated heterocycles. The SMILES string of the molecule is CCC[C@H](NC(=O)[C@@H]1C[C@]2(CC(c3cc(C)c(OC)c(C)c3)=NO2)CN1C(=O)[C@@H](NC(=O)OC1CCCC1)C(C)(C)OC)C(=O)C(=O)NC1CC1. The number of amides is 4. The minimum atomic E-state index is -1.24. The Morgan fingerprint density at radius 3 is 2.29 bits per heavy atom. The van der Waals surface area contributed by atoms with E-state index in [-0.39, 0.29) is 31.5 Å². The lowest BCUT2D eigenvalue weighted by Gasteiger charge is -2.36. The number of hydrogen-bond acceptors (Lipinski definition) is 10. The number of hydrogen-bond donors (Lipinski definition) is 3. The van der Waals surface area contributed by atoms with Crippen LogP contribution in [0.15, 0.2) is 17.3 Å². The Morgan fingerprint density at radius 1 is 1.04 bits per heavy atom. The molecule has 4 atom stereocenters. The van der Waals surface area contributed by atoms with Crippen molar-refractivity contribution >= 4 is 35.3 Å². The largest absolute Gasteiger partial charge is 0.496 e. The van der Waals surface area contributed by atoms with Crippen LogP contribution in [0.2, 0.25) is 0 Å². The fourth-order valence-corrected chi connectivity index (χ4v) is 7.32. The molecule has 2 aliphatic carbocycles. The molecule has 5 rings (SSSR count). The third-order valence-electron chi connectivity index (χ3n) is 10.5. The number of aryl methyl sites for hydroxylation is 2. The normalized spacial score (nSPS) is 22.9. The van der Waals surface area contributed by atoms with Gasteiger partial charge in [0.05, 0.1) is 31.0 Å². The number of ketones is 1. The van der Waals surface area contributed by atoms with Crippen LogP contribution in [0.1, 0.15) is 102 Å². The number of likely N-dealkylation sites (tertiary alicyclic amines) is 1. The van der Waals surface area contributed by atoms with Crippen molar-refractivity contribution in [2.45, 2.75) is 140 Å². The number of methoxy groups -OCH3 is 2. The molecular formula is C37H53N5O9. The summed E-state index contributed by atoms with van der Waals surface area (Å²) in [5.41, 5.74) is 1.05. The van der Waals surface area contributed by atoms with Crippen molar-refractivity contribution in [3.05, 3.63) is 28.8 Å². The van der Waals surface area contributed by atoms with Gasteiger partial charge in [-0.1, -0.05) is 18.5 Å². The number of Topliss-reactive ketones (excluding diaryl/α,β-unsaturated/α-hetero) is 1. The Bertz CT molecular complexity index is 1530. The molecule has 2 heterocycles. The van der Waals surface area contributed by atoms with Gasteiger partial charge in [-0.05, 0) is 95.9 Å². The Morgan fingerprint density at radius 2 is 1.71 bits per heavy atom. The third-order valence-corrected chi connectivity index (χ3v) is 10.5. The number of ether oxygens (including phenoxy) is 3. The summed E-state index contributed by atoms with van der Waals surface area (Å²) in [6.07, 6.45) is 5.17. The average molecular weight is 712 g/mol. The van der Waals surface area contributed by atoms with Gasteiger partial charge in [0.15, 0.2) is 5.60 Å². The van der Waals surface area contributed by atoms with Crippen molar-refractivity contribution in [1.29, 1.82) is 0 Å². The summed E-state index contributed by atoms with van der Waals surface area (Å²) in [5.74, 6) is -1.89. The predicted molar refractivity (Wildman–Crippen MR) is 187 cm³/mol. The van der Waals surface area contributed by atoms with Crippen LogP contribution in [-0.4, -0.2) is 102 Å². The van der Waals surface area contributed by atoms with Crippen LogP contribution in [0.5, 0.6) is 5.75 Å². The quantitative estimate of drug-likeness (QED) is 0.245. The van der Waals surface area contributed by atoms with Gasteiger partial charge in [-0.25, -0.2) is 4.79 Å². The zero-order valence-electron chi connectivity index (χ0n) is 30.9. The fourth-order valence-electron chi connectivity index (χ4n) is 7.32. The lowest BCUT2D eigenvalue weighted by atomic mass is 9.90. The molecule has 280 valence electrons. The Hall–Kier alpha value is -4.20. The maximum atomic E-state index is 14.6. The van der Waals surface area contributed by atoms with E-state index in [0.29, 0.717) is 18.6 Å². The molecule has 4 amide bonds. The van der Waals surface area contributed by atoms with Crippen LogP contribution in [-0.2, 0) is 33.5 Å². The smallest absolute Gasteiger partial charge is 0.408 e. The molecule has 14 nitrogen and oxygen atoms in total. The number of nitrogens with zero attached hydrogens (tertiary/aromatic N) is 2. The molecular weight excluding hydrogens is 658 g/mol. The highest BCUT2D eigenvalue weighted by Gasteiger charge is 2.56. The van der Waals surface area contributed by atoms with E-state index in [2.05, 4.69) is 21.1 Å². The van der Waals surface area contributed by atoms with Crippen LogP contribution >= 0.6 is 0 Å². The third kappa shape index (κ3) is 8.65. The van der Waals surface area contributed by atoms with Gasteiger partial charge in [0.2, 0.25) is 17.6 Å². The Balaban J connectivity index is 1.42. The molecule has 1 aromatic rings. The van der Waals surface area contributed by atoms with Crippen LogP contribution < -0.4 is 20.7 Å². The molecule has 14 heteroatoms. The van der Waals surface area contributed by atoms with Crippen molar-refractivity contribution in [2.24, 2.45) is 5.16 Å². The number of carbonyl (C=O) groups is 5. The predicted octanol–water partition coefficient (Wildman–Crippen LogP) is 3.37. The number of carbonyl (C=O) groups excluding carboxylic acids is 5. The van der Waals surface area contributed by atoms with Crippen molar-refractivity contribution in [2.75, 3.05) is 20.8 Å². The summed E-state index contributed by atoms with van der Waals surface area (Å²) >= 11 is 0. The maximum Gasteiger partial charge on any atom is 0.408 e. The maximum absolute atomic E-state index is 14.6. The van der Waals surface area contributed by atoms with Crippen molar-refractivity contribution in [3.63, 3.8) is 0 Å². The minimum absolute atomic E-state index is 0.0249. The van der Waals surface area contributed by atoms with Gasteiger partial charge in [0.25, 0.3) is 5.91 Å². The summed E-state index contributed by atoms with van der Waals surface area (Å²) in [6.45, 7) is 9.05. The first kappa shape index (κ1) is 38.0. The number of oxime groups is 1. The van der Waals surface area contributed by atoms with Gasteiger partial charge in [0.1, 0.15) is 23.9 Å². The molecule has 0 aromatic heterocycles. The zero-order chi connectivity index (χ0) is 37.1. The fraction of sp³-hybridized carbons (Fsp3) is 0.676. The highest BCUT2D eigenvalue weighted by atomic mass is 16.7. The molecule has 0 unspecified atom stereocenters. The number of alkyl carbamates (subject to hydrolysis) is 1. The lowest BCUT2D eigenvalue weighted by Crippen LogP contribution is -2.62. The van der Waals surface area contributed by atoms with E-state index in [1.807, 2.05) is 32.9 Å². The summed E-state index contributed by atoms with van der Waals surface area (Å²) in [5, 5.41) is 12.7. The summed E-state index contributed by atoms with van der Waals surface area (Å²) in [4.78, 5) is 75.4. The second-order valence-corrected chi connectivity index (χ2v) is 15.0. The summed E-state index contributed by atoms with van der Waals surface area (Å²) in [7, 11) is 3.06. The number of rotatable bonds is 14. The summed E-state index contributed by atoms with van der Waals surface area (Å²) in [6, 6.07) is 0.450. The van der Waals surface area contributed by atoms with Gasteiger partial charge in [0, 0.05) is 31.6 Å². The standard InChI is InChI=1S/C37H53N5O9/c1-8-11-26(29(43)33(45)38-24-14-15-24)39-32(44)28-19-37(18-27(41-51-37)23-16-21(2)30(48-6)22(3)17-23)20-42(28)34(46)31(36(4,5)49-7)40-35(47)50-25-12-9-10-13-25/h16-17,24-26,28,31H,8-15,18-20H2,1-7H3,(H,38,45)(H,39,44)(H,40,47)/t26-,28-,31+,37+/m0/s1. The molecule has 3 fully saturated rings.